The Morgan fingerprint density at radius 1 is 1.00 bits per heavy atom. The zero-order valence-corrected chi connectivity index (χ0v) is 16.4. The largest absolute Gasteiger partial charge is 0.273 e. The van der Waals surface area contributed by atoms with Crippen molar-refractivity contribution in [2.75, 3.05) is 0 Å². The van der Waals surface area contributed by atoms with Crippen LogP contribution in [-0.4, -0.2) is 30.0 Å². The predicted molar refractivity (Wildman–Crippen MR) is 103 cm³/mol. The summed E-state index contributed by atoms with van der Waals surface area (Å²) in [6, 6.07) is 12.2. The monoisotopic (exact) mass is 371 g/mol. The summed E-state index contributed by atoms with van der Waals surface area (Å²) in [5.41, 5.74) is 3.04. The van der Waals surface area contributed by atoms with Crippen LogP contribution in [0.15, 0.2) is 46.7 Å². The Labute approximate surface area is 156 Å². The first-order chi connectivity index (χ1) is 12.0. The van der Waals surface area contributed by atoms with E-state index in [9.17, 15) is 0 Å². The van der Waals surface area contributed by atoms with Gasteiger partial charge in [0.05, 0.1) is 5.75 Å². The van der Waals surface area contributed by atoms with Crippen LogP contribution in [0.3, 0.4) is 0 Å². The van der Waals surface area contributed by atoms with E-state index in [0.717, 1.165) is 33.2 Å². The van der Waals surface area contributed by atoms with E-state index < -0.39 is 0 Å². The fourth-order valence-corrected chi connectivity index (χ4v) is 4.09. The van der Waals surface area contributed by atoms with E-state index in [0.29, 0.717) is 11.0 Å². The zero-order valence-electron chi connectivity index (χ0n) is 14.8. The summed E-state index contributed by atoms with van der Waals surface area (Å²) in [5, 5.41) is 11.0. The van der Waals surface area contributed by atoms with E-state index in [-0.39, 0.29) is 0 Å². The Morgan fingerprint density at radius 2 is 1.68 bits per heavy atom. The SMILES string of the molecule is Cc1cc(C)nc(SCc2nnc(SC(C)C)n2-c2ccccc2)n1. The number of hydrogen-bond donors (Lipinski definition) is 0. The third-order valence-corrected chi connectivity index (χ3v) is 5.14. The maximum atomic E-state index is 4.50. The molecule has 0 aliphatic heterocycles. The third-order valence-electron chi connectivity index (χ3n) is 3.35. The van der Waals surface area contributed by atoms with Gasteiger partial charge in [-0.3, -0.25) is 4.57 Å². The van der Waals surface area contributed by atoms with Crippen LogP contribution in [0.25, 0.3) is 5.69 Å². The summed E-state index contributed by atoms with van der Waals surface area (Å²) >= 11 is 3.30. The molecule has 2 heterocycles. The first kappa shape index (κ1) is 17.9. The Kier molecular flexibility index (Phi) is 5.75. The van der Waals surface area contributed by atoms with Gasteiger partial charge in [0.25, 0.3) is 0 Å². The first-order valence-corrected chi connectivity index (χ1v) is 10.0. The van der Waals surface area contributed by atoms with Crippen molar-refractivity contribution in [2.45, 2.75) is 49.0 Å². The lowest BCUT2D eigenvalue weighted by Gasteiger charge is -2.11. The van der Waals surface area contributed by atoms with Crippen molar-refractivity contribution in [1.29, 1.82) is 0 Å². The molecule has 0 spiro atoms. The molecule has 0 N–H and O–H groups in total. The normalized spacial score (nSPS) is 11.2. The van der Waals surface area contributed by atoms with Gasteiger partial charge in [0.15, 0.2) is 10.3 Å². The summed E-state index contributed by atoms with van der Waals surface area (Å²) < 4.78 is 2.13. The fourth-order valence-electron chi connectivity index (χ4n) is 2.40. The molecule has 3 rings (SSSR count). The minimum atomic E-state index is 0.440. The minimum absolute atomic E-state index is 0.440. The number of para-hydroxylation sites is 1. The van der Waals surface area contributed by atoms with E-state index in [2.05, 4.69) is 50.7 Å². The molecule has 7 heteroatoms. The molecule has 0 aliphatic carbocycles. The summed E-state index contributed by atoms with van der Waals surface area (Å²) in [6.07, 6.45) is 0. The highest BCUT2D eigenvalue weighted by atomic mass is 32.2. The molecule has 0 bridgehead atoms. The van der Waals surface area contributed by atoms with Gasteiger partial charge in [0.1, 0.15) is 5.82 Å². The Bertz CT molecular complexity index is 826. The van der Waals surface area contributed by atoms with E-state index in [1.807, 2.05) is 38.1 Å². The van der Waals surface area contributed by atoms with Crippen LogP contribution < -0.4 is 0 Å². The van der Waals surface area contributed by atoms with E-state index in [1.54, 1.807) is 23.5 Å². The average Bonchev–Trinajstić information content (AvgIpc) is 2.95. The molecular formula is C18H21N5S2. The standard InChI is InChI=1S/C18H21N5S2/c1-12(2)25-18-22-21-16(23(18)15-8-6-5-7-9-15)11-24-17-19-13(3)10-14(4)20-17/h5-10,12H,11H2,1-4H3. The number of thioether (sulfide) groups is 2. The van der Waals surface area contributed by atoms with E-state index in [1.165, 1.54) is 0 Å². The molecule has 0 atom stereocenters. The fraction of sp³-hybridized carbons (Fsp3) is 0.333. The van der Waals surface area contributed by atoms with Crippen molar-refractivity contribution in [1.82, 2.24) is 24.7 Å². The van der Waals surface area contributed by atoms with Crippen LogP contribution in [0.4, 0.5) is 0 Å². The molecule has 0 fully saturated rings. The maximum Gasteiger partial charge on any atom is 0.196 e. The summed E-state index contributed by atoms with van der Waals surface area (Å²) in [7, 11) is 0. The van der Waals surface area contributed by atoms with Crippen molar-refractivity contribution >= 4 is 23.5 Å². The molecular weight excluding hydrogens is 350 g/mol. The third kappa shape index (κ3) is 4.61. The zero-order chi connectivity index (χ0) is 17.8. The van der Waals surface area contributed by atoms with E-state index in [4.69, 9.17) is 0 Å². The molecule has 0 unspecified atom stereocenters. The van der Waals surface area contributed by atoms with Gasteiger partial charge < -0.3 is 0 Å². The maximum absolute atomic E-state index is 4.50. The van der Waals surface area contributed by atoms with Crippen molar-refractivity contribution in [2.24, 2.45) is 0 Å². The lowest BCUT2D eigenvalue weighted by molar-refractivity contribution is 0.856. The number of hydrogen-bond acceptors (Lipinski definition) is 6. The van der Waals surface area contributed by atoms with Crippen LogP contribution in [0.5, 0.6) is 0 Å². The second-order valence-corrected chi connectivity index (χ2v) is 8.44. The van der Waals surface area contributed by atoms with Gasteiger partial charge in [-0.2, -0.15) is 0 Å². The lowest BCUT2D eigenvalue weighted by atomic mass is 10.3. The summed E-state index contributed by atoms with van der Waals surface area (Å²) in [4.78, 5) is 8.99. The number of benzene rings is 1. The second kappa shape index (κ2) is 8.01. The minimum Gasteiger partial charge on any atom is -0.273 e. The van der Waals surface area contributed by atoms with Crippen LogP contribution in [0.1, 0.15) is 31.1 Å². The Morgan fingerprint density at radius 3 is 2.32 bits per heavy atom. The molecule has 0 saturated heterocycles. The molecule has 0 radical (unpaired) electrons. The summed E-state index contributed by atoms with van der Waals surface area (Å²) in [5.74, 6) is 1.57. The van der Waals surface area contributed by atoms with Gasteiger partial charge in [-0.15, -0.1) is 10.2 Å². The highest BCUT2D eigenvalue weighted by molar-refractivity contribution is 7.99. The highest BCUT2D eigenvalue weighted by Crippen LogP contribution is 2.28. The Balaban J connectivity index is 1.89. The topological polar surface area (TPSA) is 56.5 Å². The molecule has 1 aromatic carbocycles. The van der Waals surface area contributed by atoms with E-state index >= 15 is 0 Å². The summed E-state index contributed by atoms with van der Waals surface area (Å²) in [6.45, 7) is 8.30. The van der Waals surface area contributed by atoms with Gasteiger partial charge in [0.2, 0.25) is 0 Å². The number of nitrogens with zero attached hydrogens (tertiary/aromatic N) is 5. The smallest absolute Gasteiger partial charge is 0.196 e. The number of aromatic nitrogens is 5. The molecule has 0 aliphatic rings. The van der Waals surface area contributed by atoms with Gasteiger partial charge >= 0.3 is 0 Å². The molecule has 0 saturated carbocycles. The molecule has 3 aromatic rings. The second-order valence-electron chi connectivity index (χ2n) is 5.96. The van der Waals surface area contributed by atoms with Gasteiger partial charge in [0, 0.05) is 22.3 Å². The predicted octanol–water partition coefficient (Wildman–Crippen LogP) is 4.47. The van der Waals surface area contributed by atoms with Gasteiger partial charge in [-0.05, 0) is 32.0 Å². The number of rotatable bonds is 6. The molecule has 130 valence electrons. The molecule has 5 nitrogen and oxygen atoms in total. The molecule has 0 amide bonds. The highest BCUT2D eigenvalue weighted by Gasteiger charge is 2.16. The van der Waals surface area contributed by atoms with Crippen molar-refractivity contribution in [3.63, 3.8) is 0 Å². The lowest BCUT2D eigenvalue weighted by Crippen LogP contribution is -2.03. The van der Waals surface area contributed by atoms with Crippen molar-refractivity contribution in [3.8, 4) is 5.69 Å². The van der Waals surface area contributed by atoms with Gasteiger partial charge in [-0.1, -0.05) is 55.6 Å². The van der Waals surface area contributed by atoms with Crippen molar-refractivity contribution < 1.29 is 0 Å². The average molecular weight is 372 g/mol. The molecule has 2 aromatic heterocycles. The van der Waals surface area contributed by atoms with Crippen molar-refractivity contribution in [3.05, 3.63) is 53.6 Å². The first-order valence-electron chi connectivity index (χ1n) is 8.14. The van der Waals surface area contributed by atoms with Crippen LogP contribution in [0.2, 0.25) is 0 Å². The Hall–Kier alpha value is -1.86. The van der Waals surface area contributed by atoms with Crippen LogP contribution in [0, 0.1) is 13.8 Å². The molecule has 25 heavy (non-hydrogen) atoms. The van der Waals surface area contributed by atoms with Gasteiger partial charge in [-0.25, -0.2) is 9.97 Å². The number of aryl methyl sites for hydroxylation is 2. The quantitative estimate of drug-likeness (QED) is 0.471. The van der Waals surface area contributed by atoms with Crippen LogP contribution >= 0.6 is 23.5 Å². The van der Waals surface area contributed by atoms with Crippen LogP contribution in [-0.2, 0) is 5.75 Å².